The largest absolute Gasteiger partial charge is 0.452 e. The third kappa shape index (κ3) is 4.06. The standard InChI is InChI=1S/C26H24FN3O4/c1-26(2,32)19-5-3-4-18(22(19)27)23-24-20(28-15-29-23)14-21(34-24)16-6-8-17(9-7-16)25(31)30-10-12-33-13-11-30/h3-9,14-15,32H,10-13H2,1-2H3. The van der Waals surface area contributed by atoms with Gasteiger partial charge < -0.3 is 19.2 Å². The lowest BCUT2D eigenvalue weighted by Crippen LogP contribution is -2.40. The maximum Gasteiger partial charge on any atom is 0.254 e. The van der Waals surface area contributed by atoms with Crippen molar-refractivity contribution in [3.63, 3.8) is 0 Å². The Labute approximate surface area is 195 Å². The topological polar surface area (TPSA) is 88.7 Å². The summed E-state index contributed by atoms with van der Waals surface area (Å²) < 4.78 is 26.7. The molecule has 1 N–H and O–H groups in total. The summed E-state index contributed by atoms with van der Waals surface area (Å²) in [6.45, 7) is 5.32. The van der Waals surface area contributed by atoms with E-state index in [2.05, 4.69) is 9.97 Å². The van der Waals surface area contributed by atoms with Gasteiger partial charge >= 0.3 is 0 Å². The van der Waals surface area contributed by atoms with Gasteiger partial charge in [-0.05, 0) is 32.0 Å². The minimum atomic E-state index is -1.35. The van der Waals surface area contributed by atoms with Crippen molar-refractivity contribution < 1.29 is 23.4 Å². The Morgan fingerprint density at radius 1 is 1.09 bits per heavy atom. The Balaban J connectivity index is 1.50. The lowest BCUT2D eigenvalue weighted by molar-refractivity contribution is 0.0303. The molecule has 1 saturated heterocycles. The van der Waals surface area contributed by atoms with Crippen molar-refractivity contribution in [3.05, 3.63) is 71.8 Å². The Hall–Kier alpha value is -3.62. The van der Waals surface area contributed by atoms with Crippen molar-refractivity contribution in [3.8, 4) is 22.6 Å². The third-order valence-electron chi connectivity index (χ3n) is 5.94. The molecule has 0 bridgehead atoms. The lowest BCUT2D eigenvalue weighted by atomic mass is 9.94. The Morgan fingerprint density at radius 2 is 1.82 bits per heavy atom. The van der Waals surface area contributed by atoms with E-state index in [0.29, 0.717) is 54.4 Å². The number of hydrogen-bond donors (Lipinski definition) is 1. The maximum absolute atomic E-state index is 15.3. The van der Waals surface area contributed by atoms with Gasteiger partial charge in [-0.3, -0.25) is 4.79 Å². The molecule has 5 rings (SSSR count). The summed E-state index contributed by atoms with van der Waals surface area (Å²) >= 11 is 0. The van der Waals surface area contributed by atoms with Gasteiger partial charge in [-0.25, -0.2) is 14.4 Å². The average Bonchev–Trinajstić information content (AvgIpc) is 3.28. The number of benzene rings is 2. The fraction of sp³-hybridized carbons (Fsp3) is 0.269. The Kier molecular flexibility index (Phi) is 5.63. The summed E-state index contributed by atoms with van der Waals surface area (Å²) in [6.07, 6.45) is 1.36. The van der Waals surface area contributed by atoms with Gasteiger partial charge in [0.25, 0.3) is 5.91 Å². The van der Waals surface area contributed by atoms with Crippen LogP contribution in [-0.2, 0) is 10.3 Å². The first-order valence-corrected chi connectivity index (χ1v) is 11.1. The molecule has 0 aliphatic carbocycles. The van der Waals surface area contributed by atoms with E-state index in [0.717, 1.165) is 5.56 Å². The number of hydrogen-bond acceptors (Lipinski definition) is 6. The molecule has 1 aliphatic rings. The highest BCUT2D eigenvalue weighted by Crippen LogP contribution is 2.35. The summed E-state index contributed by atoms with van der Waals surface area (Å²) in [4.78, 5) is 23.0. The molecule has 0 atom stereocenters. The van der Waals surface area contributed by atoms with Crippen molar-refractivity contribution >= 4 is 17.0 Å². The van der Waals surface area contributed by atoms with Gasteiger partial charge in [0.05, 0.1) is 18.8 Å². The van der Waals surface area contributed by atoms with Gasteiger partial charge in [0.15, 0.2) is 5.58 Å². The second-order valence-corrected chi connectivity index (χ2v) is 8.76. The molecule has 34 heavy (non-hydrogen) atoms. The molecular weight excluding hydrogens is 437 g/mol. The van der Waals surface area contributed by atoms with E-state index in [4.69, 9.17) is 9.15 Å². The van der Waals surface area contributed by atoms with Gasteiger partial charge in [-0.2, -0.15) is 0 Å². The Morgan fingerprint density at radius 3 is 2.53 bits per heavy atom. The fourth-order valence-corrected chi connectivity index (χ4v) is 4.10. The number of aromatic nitrogens is 2. The van der Waals surface area contributed by atoms with E-state index in [9.17, 15) is 9.90 Å². The van der Waals surface area contributed by atoms with E-state index in [1.54, 1.807) is 41.3 Å². The molecular formula is C26H24FN3O4. The molecule has 1 aliphatic heterocycles. The van der Waals surface area contributed by atoms with Crippen LogP contribution >= 0.6 is 0 Å². The normalized spacial score (nSPS) is 14.5. The van der Waals surface area contributed by atoms with Crippen molar-refractivity contribution in [2.24, 2.45) is 0 Å². The van der Waals surface area contributed by atoms with Crippen LogP contribution in [0.3, 0.4) is 0 Å². The smallest absolute Gasteiger partial charge is 0.254 e. The molecule has 1 fully saturated rings. The molecule has 2 aromatic carbocycles. The van der Waals surface area contributed by atoms with Crippen LogP contribution < -0.4 is 0 Å². The number of carbonyl (C=O) groups is 1. The lowest BCUT2D eigenvalue weighted by Gasteiger charge is -2.26. The monoisotopic (exact) mass is 461 g/mol. The minimum absolute atomic E-state index is 0.0326. The zero-order chi connectivity index (χ0) is 23.9. The number of morpholine rings is 1. The van der Waals surface area contributed by atoms with Gasteiger partial charge in [0, 0.05) is 41.4 Å². The zero-order valence-corrected chi connectivity index (χ0v) is 18.9. The van der Waals surface area contributed by atoms with Crippen LogP contribution in [0.15, 0.2) is 59.3 Å². The average molecular weight is 461 g/mol. The first-order valence-electron chi connectivity index (χ1n) is 11.1. The maximum atomic E-state index is 15.3. The number of ether oxygens (including phenoxy) is 1. The predicted octanol–water partition coefficient (Wildman–Crippen LogP) is 4.40. The van der Waals surface area contributed by atoms with Crippen LogP contribution in [0.4, 0.5) is 4.39 Å². The highest BCUT2D eigenvalue weighted by molar-refractivity contribution is 5.95. The predicted molar refractivity (Wildman–Crippen MR) is 125 cm³/mol. The molecule has 174 valence electrons. The SMILES string of the molecule is CC(C)(O)c1cccc(-c2ncnc3cc(-c4ccc(C(=O)N5CCOCC5)cc4)oc23)c1F. The van der Waals surface area contributed by atoms with E-state index in [1.165, 1.54) is 20.2 Å². The van der Waals surface area contributed by atoms with Crippen LogP contribution in [0.1, 0.15) is 29.8 Å². The summed E-state index contributed by atoms with van der Waals surface area (Å²) in [5.74, 6) is -0.0603. The van der Waals surface area contributed by atoms with Crippen LogP contribution in [0.25, 0.3) is 33.7 Å². The van der Waals surface area contributed by atoms with E-state index in [-0.39, 0.29) is 17.0 Å². The first kappa shape index (κ1) is 22.2. The van der Waals surface area contributed by atoms with Crippen LogP contribution in [0.5, 0.6) is 0 Å². The van der Waals surface area contributed by atoms with Gasteiger partial charge in [-0.1, -0.05) is 24.3 Å². The number of carbonyl (C=O) groups excluding carboxylic acids is 1. The van der Waals surface area contributed by atoms with Gasteiger partial charge in [0.1, 0.15) is 29.1 Å². The number of aliphatic hydroxyl groups is 1. The number of amides is 1. The molecule has 4 aromatic rings. The number of halogens is 1. The minimum Gasteiger partial charge on any atom is -0.452 e. The highest BCUT2D eigenvalue weighted by Gasteiger charge is 2.25. The summed E-state index contributed by atoms with van der Waals surface area (Å²) in [5.41, 5.74) is 1.57. The van der Waals surface area contributed by atoms with Crippen LogP contribution in [0, 0.1) is 5.82 Å². The number of fused-ring (bicyclic) bond motifs is 1. The molecule has 0 radical (unpaired) electrons. The number of furan rings is 1. The third-order valence-corrected chi connectivity index (χ3v) is 5.94. The molecule has 0 unspecified atom stereocenters. The van der Waals surface area contributed by atoms with Crippen molar-refractivity contribution in [2.45, 2.75) is 19.4 Å². The van der Waals surface area contributed by atoms with Crippen molar-refractivity contribution in [1.82, 2.24) is 14.9 Å². The van der Waals surface area contributed by atoms with Gasteiger partial charge in [-0.15, -0.1) is 0 Å². The van der Waals surface area contributed by atoms with Gasteiger partial charge in [0.2, 0.25) is 0 Å². The summed E-state index contributed by atoms with van der Waals surface area (Å²) in [5, 5.41) is 10.3. The van der Waals surface area contributed by atoms with E-state index in [1.807, 2.05) is 12.1 Å². The molecule has 0 saturated carbocycles. The summed E-state index contributed by atoms with van der Waals surface area (Å²) in [6, 6.07) is 13.7. The second-order valence-electron chi connectivity index (χ2n) is 8.76. The van der Waals surface area contributed by atoms with Crippen molar-refractivity contribution in [2.75, 3.05) is 26.3 Å². The second kappa shape index (κ2) is 8.62. The first-order chi connectivity index (χ1) is 16.3. The number of nitrogens with zero attached hydrogens (tertiary/aromatic N) is 3. The molecule has 7 nitrogen and oxygen atoms in total. The zero-order valence-electron chi connectivity index (χ0n) is 18.9. The molecule has 1 amide bonds. The molecule has 3 heterocycles. The van der Waals surface area contributed by atoms with E-state index < -0.39 is 11.4 Å². The molecule has 8 heteroatoms. The Bertz CT molecular complexity index is 1350. The quantitative estimate of drug-likeness (QED) is 0.485. The molecule has 0 spiro atoms. The van der Waals surface area contributed by atoms with E-state index >= 15 is 4.39 Å². The van der Waals surface area contributed by atoms with Crippen molar-refractivity contribution in [1.29, 1.82) is 0 Å². The van der Waals surface area contributed by atoms with Crippen LogP contribution in [-0.4, -0.2) is 52.2 Å². The molecule has 2 aromatic heterocycles. The summed E-state index contributed by atoms with van der Waals surface area (Å²) in [7, 11) is 0. The van der Waals surface area contributed by atoms with Crippen LogP contribution in [0.2, 0.25) is 0 Å². The fourth-order valence-electron chi connectivity index (χ4n) is 4.10. The highest BCUT2D eigenvalue weighted by atomic mass is 19.1. The number of rotatable bonds is 4.